The molecule has 0 unspecified atom stereocenters. The van der Waals surface area contributed by atoms with Gasteiger partial charge in [-0.25, -0.2) is 0 Å². The van der Waals surface area contributed by atoms with Gasteiger partial charge in [0.25, 0.3) is 0 Å². The van der Waals surface area contributed by atoms with Gasteiger partial charge in [0.2, 0.25) is 0 Å². The number of nitrogens with zero attached hydrogens (tertiary/aromatic N) is 1. The molecule has 0 atom stereocenters. The Morgan fingerprint density at radius 2 is 1.57 bits per heavy atom. The molecule has 2 aromatic rings. The second-order valence-electron chi connectivity index (χ2n) is 6.20. The Morgan fingerprint density at radius 3 is 2.19 bits per heavy atom. The average Bonchev–Trinajstić information content (AvgIpc) is 2.47. The fourth-order valence-electron chi connectivity index (χ4n) is 2.02. The summed E-state index contributed by atoms with van der Waals surface area (Å²) >= 11 is 0. The van der Waals surface area contributed by atoms with Gasteiger partial charge in [-0.3, -0.25) is 0 Å². The Kier molecular flexibility index (Phi) is 5.15. The van der Waals surface area contributed by atoms with E-state index in [1.807, 2.05) is 36.5 Å². The minimum Gasteiger partial charge on any atom is -0.391 e. The highest BCUT2D eigenvalue weighted by molar-refractivity contribution is 5.60. The summed E-state index contributed by atoms with van der Waals surface area (Å²) in [5, 5.41) is 4.01. The summed E-state index contributed by atoms with van der Waals surface area (Å²) in [7, 11) is 0. The molecule has 0 bridgehead atoms. The highest BCUT2D eigenvalue weighted by atomic mass is 16.6. The molecule has 2 aromatic carbocycles. The summed E-state index contributed by atoms with van der Waals surface area (Å²) in [4.78, 5) is 5.29. The van der Waals surface area contributed by atoms with Crippen molar-refractivity contribution in [1.29, 1.82) is 0 Å². The summed E-state index contributed by atoms with van der Waals surface area (Å²) in [6, 6.07) is 18.7. The quantitative estimate of drug-likeness (QED) is 0.573. The lowest BCUT2D eigenvalue weighted by atomic mass is 9.86. The Hall–Kier alpha value is -2.09. The number of oxime groups is 1. The second-order valence-corrected chi connectivity index (χ2v) is 6.20. The standard InChI is InChI=1S/C19H23NO/c1-19(2,3)18-11-9-16(10-12-18)13-14-20-21-15-17-7-5-4-6-8-17/h4-12,14H,13,15H2,1-3H3/b20-14+. The zero-order chi connectivity index (χ0) is 15.1. The van der Waals surface area contributed by atoms with Crippen LogP contribution in [0.3, 0.4) is 0 Å². The molecule has 110 valence electrons. The second kappa shape index (κ2) is 7.07. The Balaban J connectivity index is 1.79. The van der Waals surface area contributed by atoms with Crippen LogP contribution in [0.2, 0.25) is 0 Å². The van der Waals surface area contributed by atoms with Crippen molar-refractivity contribution in [3.8, 4) is 0 Å². The van der Waals surface area contributed by atoms with E-state index in [9.17, 15) is 0 Å². The summed E-state index contributed by atoms with van der Waals surface area (Å²) < 4.78 is 0. The molecule has 0 radical (unpaired) electrons. The largest absolute Gasteiger partial charge is 0.391 e. The first-order valence-corrected chi connectivity index (χ1v) is 7.33. The van der Waals surface area contributed by atoms with E-state index in [-0.39, 0.29) is 5.41 Å². The molecule has 0 saturated heterocycles. The van der Waals surface area contributed by atoms with Gasteiger partial charge in [0, 0.05) is 12.6 Å². The minimum absolute atomic E-state index is 0.200. The van der Waals surface area contributed by atoms with Crippen LogP contribution in [-0.2, 0) is 23.3 Å². The van der Waals surface area contributed by atoms with Crippen LogP contribution in [-0.4, -0.2) is 6.21 Å². The molecule has 2 heteroatoms. The molecule has 0 aromatic heterocycles. The molecule has 0 spiro atoms. The van der Waals surface area contributed by atoms with Crippen molar-refractivity contribution in [3.63, 3.8) is 0 Å². The van der Waals surface area contributed by atoms with Gasteiger partial charge in [-0.05, 0) is 22.1 Å². The highest BCUT2D eigenvalue weighted by Gasteiger charge is 2.12. The molecule has 0 aliphatic carbocycles. The van der Waals surface area contributed by atoms with Gasteiger partial charge in [0.05, 0.1) is 0 Å². The van der Waals surface area contributed by atoms with E-state index >= 15 is 0 Å². The third-order valence-electron chi connectivity index (χ3n) is 3.37. The maximum Gasteiger partial charge on any atom is 0.142 e. The fourth-order valence-corrected chi connectivity index (χ4v) is 2.02. The maximum atomic E-state index is 5.29. The van der Waals surface area contributed by atoms with E-state index < -0.39 is 0 Å². The highest BCUT2D eigenvalue weighted by Crippen LogP contribution is 2.22. The first kappa shape index (κ1) is 15.3. The van der Waals surface area contributed by atoms with Crippen molar-refractivity contribution in [3.05, 3.63) is 71.3 Å². The lowest BCUT2D eigenvalue weighted by Gasteiger charge is -2.18. The summed E-state index contributed by atoms with van der Waals surface area (Å²) in [5.41, 5.74) is 3.92. The summed E-state index contributed by atoms with van der Waals surface area (Å²) in [6.07, 6.45) is 2.61. The van der Waals surface area contributed by atoms with Gasteiger partial charge in [0.15, 0.2) is 0 Å². The summed E-state index contributed by atoms with van der Waals surface area (Å²) in [5.74, 6) is 0. The summed E-state index contributed by atoms with van der Waals surface area (Å²) in [6.45, 7) is 7.18. The van der Waals surface area contributed by atoms with E-state index in [0.717, 1.165) is 12.0 Å². The SMILES string of the molecule is CC(C)(C)c1ccc(C/C=N/OCc2ccccc2)cc1. The van der Waals surface area contributed by atoms with Crippen LogP contribution in [0.5, 0.6) is 0 Å². The maximum absolute atomic E-state index is 5.29. The van der Waals surface area contributed by atoms with Crippen molar-refractivity contribution in [2.24, 2.45) is 5.16 Å². The topological polar surface area (TPSA) is 21.6 Å². The predicted molar refractivity (Wildman–Crippen MR) is 88.6 cm³/mol. The molecule has 0 N–H and O–H groups in total. The molecule has 2 rings (SSSR count). The number of hydrogen-bond acceptors (Lipinski definition) is 2. The molecular formula is C19H23NO. The van der Waals surface area contributed by atoms with Crippen molar-refractivity contribution in [2.45, 2.75) is 39.2 Å². The molecule has 0 saturated carbocycles. The van der Waals surface area contributed by atoms with Crippen LogP contribution in [0, 0.1) is 0 Å². The molecule has 0 heterocycles. The van der Waals surface area contributed by atoms with Crippen LogP contribution >= 0.6 is 0 Å². The number of rotatable bonds is 5. The third kappa shape index (κ3) is 5.07. The molecule has 0 aliphatic rings. The zero-order valence-corrected chi connectivity index (χ0v) is 13.0. The number of benzene rings is 2. The van der Waals surface area contributed by atoms with E-state index in [1.54, 1.807) is 0 Å². The van der Waals surface area contributed by atoms with Crippen molar-refractivity contribution in [2.75, 3.05) is 0 Å². The molecule has 2 nitrogen and oxygen atoms in total. The van der Waals surface area contributed by atoms with E-state index in [1.165, 1.54) is 11.1 Å². The van der Waals surface area contributed by atoms with Gasteiger partial charge in [-0.2, -0.15) is 0 Å². The Morgan fingerprint density at radius 1 is 0.905 bits per heavy atom. The lowest BCUT2D eigenvalue weighted by Crippen LogP contribution is -2.10. The van der Waals surface area contributed by atoms with Gasteiger partial charge in [0.1, 0.15) is 6.61 Å². The molecule has 0 aliphatic heterocycles. The van der Waals surface area contributed by atoms with Crippen LogP contribution in [0.4, 0.5) is 0 Å². The minimum atomic E-state index is 0.200. The van der Waals surface area contributed by atoms with Crippen molar-refractivity contribution < 1.29 is 4.84 Å². The van der Waals surface area contributed by atoms with Crippen LogP contribution in [0.1, 0.15) is 37.5 Å². The van der Waals surface area contributed by atoms with E-state index in [4.69, 9.17) is 4.84 Å². The van der Waals surface area contributed by atoms with Gasteiger partial charge >= 0.3 is 0 Å². The van der Waals surface area contributed by atoms with Crippen molar-refractivity contribution in [1.82, 2.24) is 0 Å². The molecule has 0 fully saturated rings. The molecule has 21 heavy (non-hydrogen) atoms. The fraction of sp³-hybridized carbons (Fsp3) is 0.316. The first-order valence-electron chi connectivity index (χ1n) is 7.33. The average molecular weight is 281 g/mol. The Labute approximate surface area is 127 Å². The number of hydrogen-bond donors (Lipinski definition) is 0. The molecular weight excluding hydrogens is 258 g/mol. The lowest BCUT2D eigenvalue weighted by molar-refractivity contribution is 0.131. The third-order valence-corrected chi connectivity index (χ3v) is 3.37. The molecule has 0 amide bonds. The van der Waals surface area contributed by atoms with Crippen molar-refractivity contribution >= 4 is 6.21 Å². The monoisotopic (exact) mass is 281 g/mol. The normalized spacial score (nSPS) is 11.8. The van der Waals surface area contributed by atoms with Gasteiger partial charge < -0.3 is 4.84 Å². The zero-order valence-electron chi connectivity index (χ0n) is 13.0. The van der Waals surface area contributed by atoms with Gasteiger partial charge in [-0.15, -0.1) is 0 Å². The van der Waals surface area contributed by atoms with Gasteiger partial charge in [-0.1, -0.05) is 80.5 Å². The predicted octanol–water partition coefficient (Wildman–Crippen LogP) is 4.73. The van der Waals surface area contributed by atoms with E-state index in [2.05, 4.69) is 50.2 Å². The smallest absolute Gasteiger partial charge is 0.142 e. The van der Waals surface area contributed by atoms with Crippen LogP contribution < -0.4 is 0 Å². The van der Waals surface area contributed by atoms with Crippen LogP contribution in [0.15, 0.2) is 59.8 Å². The van der Waals surface area contributed by atoms with E-state index in [0.29, 0.717) is 6.61 Å². The van der Waals surface area contributed by atoms with Crippen LogP contribution in [0.25, 0.3) is 0 Å². The first-order chi connectivity index (χ1) is 10.1. The Bertz CT molecular complexity index is 565.